The summed E-state index contributed by atoms with van der Waals surface area (Å²) in [5, 5.41) is 5.71. The van der Waals surface area contributed by atoms with Gasteiger partial charge in [-0.1, -0.05) is 29.8 Å². The Morgan fingerprint density at radius 2 is 1.89 bits per heavy atom. The molecule has 0 unspecified atom stereocenters. The number of sulfonamides is 1. The summed E-state index contributed by atoms with van der Waals surface area (Å²) in [5.41, 5.74) is 1.68. The van der Waals surface area contributed by atoms with E-state index in [9.17, 15) is 13.2 Å². The number of carbonyl (C=O) groups excluding carboxylic acids is 1. The molecule has 0 bridgehead atoms. The molecule has 0 radical (unpaired) electrons. The van der Waals surface area contributed by atoms with E-state index in [2.05, 4.69) is 31.5 Å². The number of aromatic nitrogens is 1. The SMILES string of the molecule is CCN(CC)S(=O)(=O)c1ccc(NCC(=O)Nc2ccc(Br)cc2C)nc1. The van der Waals surface area contributed by atoms with E-state index < -0.39 is 10.0 Å². The van der Waals surface area contributed by atoms with Gasteiger partial charge < -0.3 is 10.6 Å². The summed E-state index contributed by atoms with van der Waals surface area (Å²) >= 11 is 3.38. The normalized spacial score (nSPS) is 11.4. The van der Waals surface area contributed by atoms with Crippen molar-refractivity contribution in [1.29, 1.82) is 0 Å². The highest BCUT2D eigenvalue weighted by atomic mass is 79.9. The largest absolute Gasteiger partial charge is 0.361 e. The van der Waals surface area contributed by atoms with Gasteiger partial charge in [-0.05, 0) is 42.8 Å². The second-order valence-electron chi connectivity index (χ2n) is 5.83. The van der Waals surface area contributed by atoms with Crippen LogP contribution in [-0.2, 0) is 14.8 Å². The van der Waals surface area contributed by atoms with Crippen LogP contribution in [0.1, 0.15) is 19.4 Å². The van der Waals surface area contributed by atoms with Gasteiger partial charge >= 0.3 is 0 Å². The third-order valence-corrected chi connectivity index (χ3v) is 6.50. The number of anilines is 2. The second-order valence-corrected chi connectivity index (χ2v) is 8.68. The maximum Gasteiger partial charge on any atom is 0.244 e. The van der Waals surface area contributed by atoms with Crippen LogP contribution in [0.3, 0.4) is 0 Å². The van der Waals surface area contributed by atoms with Crippen LogP contribution in [0.2, 0.25) is 0 Å². The zero-order valence-electron chi connectivity index (χ0n) is 15.5. The van der Waals surface area contributed by atoms with E-state index in [0.29, 0.717) is 18.9 Å². The second kappa shape index (κ2) is 9.29. The van der Waals surface area contributed by atoms with E-state index >= 15 is 0 Å². The van der Waals surface area contributed by atoms with Crippen molar-refractivity contribution in [2.45, 2.75) is 25.7 Å². The van der Waals surface area contributed by atoms with E-state index in [-0.39, 0.29) is 17.3 Å². The van der Waals surface area contributed by atoms with E-state index in [1.807, 2.05) is 25.1 Å². The molecular formula is C18H23BrN4O3S. The number of halogens is 1. The van der Waals surface area contributed by atoms with Crippen LogP contribution >= 0.6 is 15.9 Å². The van der Waals surface area contributed by atoms with Gasteiger partial charge in [-0.15, -0.1) is 0 Å². The van der Waals surface area contributed by atoms with Gasteiger partial charge in [0.2, 0.25) is 15.9 Å². The zero-order valence-corrected chi connectivity index (χ0v) is 17.9. The summed E-state index contributed by atoms with van der Waals surface area (Å²) in [5.74, 6) is 0.207. The van der Waals surface area contributed by atoms with Crippen LogP contribution < -0.4 is 10.6 Å². The van der Waals surface area contributed by atoms with Crippen LogP contribution in [-0.4, -0.2) is 43.2 Å². The van der Waals surface area contributed by atoms with Gasteiger partial charge in [0.25, 0.3) is 0 Å². The lowest BCUT2D eigenvalue weighted by Crippen LogP contribution is -2.30. The molecule has 0 aliphatic heterocycles. The zero-order chi connectivity index (χ0) is 20.0. The Morgan fingerprint density at radius 1 is 1.19 bits per heavy atom. The molecule has 1 heterocycles. The predicted molar refractivity (Wildman–Crippen MR) is 110 cm³/mol. The summed E-state index contributed by atoms with van der Waals surface area (Å²) in [7, 11) is -3.54. The molecule has 0 aliphatic rings. The number of benzene rings is 1. The van der Waals surface area contributed by atoms with Crippen molar-refractivity contribution < 1.29 is 13.2 Å². The van der Waals surface area contributed by atoms with E-state index in [1.165, 1.54) is 16.6 Å². The van der Waals surface area contributed by atoms with Gasteiger partial charge in [0.1, 0.15) is 10.7 Å². The van der Waals surface area contributed by atoms with Crippen LogP contribution in [0.5, 0.6) is 0 Å². The minimum Gasteiger partial charge on any atom is -0.361 e. The van der Waals surface area contributed by atoms with Crippen molar-refractivity contribution in [2.75, 3.05) is 30.3 Å². The molecule has 7 nitrogen and oxygen atoms in total. The molecule has 1 aromatic carbocycles. The average Bonchev–Trinajstić information content (AvgIpc) is 2.63. The van der Waals surface area contributed by atoms with Crippen molar-refractivity contribution in [1.82, 2.24) is 9.29 Å². The van der Waals surface area contributed by atoms with Gasteiger partial charge in [-0.3, -0.25) is 4.79 Å². The first kappa shape index (κ1) is 21.3. The Morgan fingerprint density at radius 3 is 2.44 bits per heavy atom. The molecule has 146 valence electrons. The first-order valence-electron chi connectivity index (χ1n) is 8.54. The fourth-order valence-electron chi connectivity index (χ4n) is 2.48. The van der Waals surface area contributed by atoms with E-state index in [4.69, 9.17) is 0 Å². The molecule has 27 heavy (non-hydrogen) atoms. The molecule has 0 saturated heterocycles. The highest BCUT2D eigenvalue weighted by molar-refractivity contribution is 9.10. The van der Waals surface area contributed by atoms with Crippen LogP contribution in [0.15, 0.2) is 45.9 Å². The Balaban J connectivity index is 1.97. The Kier molecular flexibility index (Phi) is 7.34. The number of hydrogen-bond donors (Lipinski definition) is 2. The first-order valence-corrected chi connectivity index (χ1v) is 10.8. The molecule has 2 aromatic rings. The fraction of sp³-hybridized carbons (Fsp3) is 0.333. The topological polar surface area (TPSA) is 91.4 Å². The van der Waals surface area contributed by atoms with E-state index in [1.54, 1.807) is 19.9 Å². The summed E-state index contributed by atoms with van der Waals surface area (Å²) in [6.07, 6.45) is 1.30. The summed E-state index contributed by atoms with van der Waals surface area (Å²) in [4.78, 5) is 16.3. The van der Waals surface area contributed by atoms with Crippen LogP contribution in [0, 0.1) is 6.92 Å². The summed E-state index contributed by atoms with van der Waals surface area (Å²) in [6.45, 7) is 6.30. The van der Waals surface area contributed by atoms with Gasteiger partial charge in [0, 0.05) is 29.4 Å². The lowest BCUT2D eigenvalue weighted by Gasteiger charge is -2.18. The van der Waals surface area contributed by atoms with Crippen molar-refractivity contribution in [3.63, 3.8) is 0 Å². The molecule has 0 atom stereocenters. The highest BCUT2D eigenvalue weighted by Crippen LogP contribution is 2.20. The first-order chi connectivity index (χ1) is 12.8. The Hall–Kier alpha value is -1.97. The molecule has 2 N–H and O–H groups in total. The van der Waals surface area contributed by atoms with Gasteiger partial charge in [0.15, 0.2) is 0 Å². The summed E-state index contributed by atoms with van der Waals surface area (Å²) < 4.78 is 27.2. The molecular weight excluding hydrogens is 432 g/mol. The molecule has 2 rings (SSSR count). The lowest BCUT2D eigenvalue weighted by atomic mass is 10.2. The third-order valence-electron chi connectivity index (χ3n) is 3.97. The van der Waals surface area contributed by atoms with Crippen molar-refractivity contribution >= 4 is 43.4 Å². The molecule has 1 amide bonds. The predicted octanol–water partition coefficient (Wildman–Crippen LogP) is 3.23. The molecule has 0 spiro atoms. The smallest absolute Gasteiger partial charge is 0.244 e. The molecule has 0 saturated carbocycles. The number of carbonyl (C=O) groups is 1. The molecule has 0 fully saturated rings. The van der Waals surface area contributed by atoms with Crippen LogP contribution in [0.25, 0.3) is 0 Å². The molecule has 1 aromatic heterocycles. The Bertz CT molecular complexity index is 897. The van der Waals surface area contributed by atoms with Gasteiger partial charge in [0.05, 0.1) is 6.54 Å². The van der Waals surface area contributed by atoms with Crippen molar-refractivity contribution in [3.8, 4) is 0 Å². The maximum atomic E-state index is 12.4. The number of rotatable bonds is 8. The molecule has 9 heteroatoms. The average molecular weight is 455 g/mol. The minimum absolute atomic E-state index is 0.0185. The summed E-state index contributed by atoms with van der Waals surface area (Å²) in [6, 6.07) is 8.63. The monoisotopic (exact) mass is 454 g/mol. The highest BCUT2D eigenvalue weighted by Gasteiger charge is 2.21. The lowest BCUT2D eigenvalue weighted by molar-refractivity contribution is -0.114. The quantitative estimate of drug-likeness (QED) is 0.638. The van der Waals surface area contributed by atoms with Crippen LogP contribution in [0.4, 0.5) is 11.5 Å². The third kappa shape index (κ3) is 5.50. The van der Waals surface area contributed by atoms with E-state index in [0.717, 1.165) is 15.7 Å². The van der Waals surface area contributed by atoms with Gasteiger partial charge in [-0.2, -0.15) is 4.31 Å². The standard InChI is InChI=1S/C18H23BrN4O3S/c1-4-23(5-2)27(25,26)15-7-9-17(20-11-15)21-12-18(24)22-16-8-6-14(19)10-13(16)3/h6-11H,4-5,12H2,1-3H3,(H,20,21)(H,22,24). The van der Waals surface area contributed by atoms with Crippen molar-refractivity contribution in [3.05, 3.63) is 46.6 Å². The number of pyridine rings is 1. The maximum absolute atomic E-state index is 12.4. The number of nitrogens with one attached hydrogen (secondary N) is 2. The number of aryl methyl sites for hydroxylation is 1. The minimum atomic E-state index is -3.54. The van der Waals surface area contributed by atoms with Crippen molar-refractivity contribution in [2.24, 2.45) is 0 Å². The fourth-order valence-corrected chi connectivity index (χ4v) is 4.36. The number of amides is 1. The number of nitrogens with zero attached hydrogens (tertiary/aromatic N) is 2. The molecule has 0 aliphatic carbocycles. The Labute approximate surface area is 168 Å². The van der Waals surface area contributed by atoms with Gasteiger partial charge in [-0.25, -0.2) is 13.4 Å². The number of hydrogen-bond acceptors (Lipinski definition) is 5.